The molecule has 1 atom stereocenters. The predicted octanol–water partition coefficient (Wildman–Crippen LogP) is -0.804. The Labute approximate surface area is 59.7 Å². The Morgan fingerprint density at radius 1 is 1.80 bits per heavy atom. The molecule has 10 heavy (non-hydrogen) atoms. The molecule has 3 N–H and O–H groups in total. The van der Waals surface area contributed by atoms with Crippen LogP contribution in [0.4, 0.5) is 0 Å². The van der Waals surface area contributed by atoms with Gasteiger partial charge in [-0.05, 0) is 13.8 Å². The van der Waals surface area contributed by atoms with Crippen molar-refractivity contribution in [2.45, 2.75) is 25.7 Å². The largest absolute Gasteiger partial charge is 0.367 e. The van der Waals surface area contributed by atoms with Crippen LogP contribution < -0.4 is 11.1 Å². The molecule has 1 fully saturated rings. The van der Waals surface area contributed by atoms with Crippen LogP contribution in [0.1, 0.15) is 13.8 Å². The normalized spacial score (nSPS) is 30.4. The van der Waals surface area contributed by atoms with Gasteiger partial charge in [0.1, 0.15) is 5.72 Å². The van der Waals surface area contributed by atoms with Crippen LogP contribution in [0.15, 0.2) is 0 Å². The SMILES string of the molecule is CC1(C)NCC(C(N)=O)O1. The number of amides is 1. The molecule has 0 spiro atoms. The first kappa shape index (κ1) is 7.50. The van der Waals surface area contributed by atoms with Gasteiger partial charge in [0.15, 0.2) is 6.10 Å². The van der Waals surface area contributed by atoms with Crippen molar-refractivity contribution in [3.05, 3.63) is 0 Å². The highest BCUT2D eigenvalue weighted by atomic mass is 16.5. The Hall–Kier alpha value is -0.610. The molecule has 0 aliphatic carbocycles. The molecule has 1 rings (SSSR count). The molecule has 0 radical (unpaired) electrons. The molecule has 58 valence electrons. The Morgan fingerprint density at radius 3 is 2.60 bits per heavy atom. The van der Waals surface area contributed by atoms with Crippen LogP contribution in [0.25, 0.3) is 0 Å². The van der Waals surface area contributed by atoms with Crippen LogP contribution in [0.2, 0.25) is 0 Å². The lowest BCUT2D eigenvalue weighted by Crippen LogP contribution is -2.33. The van der Waals surface area contributed by atoms with E-state index in [0.717, 1.165) is 0 Å². The molecular formula is C6H12N2O2. The maximum Gasteiger partial charge on any atom is 0.247 e. The van der Waals surface area contributed by atoms with E-state index in [1.54, 1.807) is 0 Å². The second-order valence-electron chi connectivity index (χ2n) is 2.90. The summed E-state index contributed by atoms with van der Waals surface area (Å²) in [5, 5.41) is 3.00. The Balaban J connectivity index is 2.51. The highest BCUT2D eigenvalue weighted by Crippen LogP contribution is 2.14. The number of ether oxygens (including phenoxy) is 1. The third kappa shape index (κ3) is 1.46. The lowest BCUT2D eigenvalue weighted by molar-refractivity contribution is -0.131. The summed E-state index contributed by atoms with van der Waals surface area (Å²) < 4.78 is 5.22. The number of carbonyl (C=O) groups excluding carboxylic acids is 1. The van der Waals surface area contributed by atoms with Crippen molar-refractivity contribution in [2.24, 2.45) is 5.73 Å². The van der Waals surface area contributed by atoms with E-state index >= 15 is 0 Å². The quantitative estimate of drug-likeness (QED) is 0.506. The van der Waals surface area contributed by atoms with Gasteiger partial charge in [0.05, 0.1) is 0 Å². The second-order valence-corrected chi connectivity index (χ2v) is 2.90. The summed E-state index contributed by atoms with van der Waals surface area (Å²) in [6, 6.07) is 0. The molecule has 4 nitrogen and oxygen atoms in total. The van der Waals surface area contributed by atoms with Crippen LogP contribution in [-0.2, 0) is 9.53 Å². The number of nitrogens with one attached hydrogen (secondary N) is 1. The number of carbonyl (C=O) groups is 1. The number of primary amides is 1. The molecular weight excluding hydrogens is 132 g/mol. The molecule has 1 aliphatic rings. The summed E-state index contributed by atoms with van der Waals surface area (Å²) in [5.74, 6) is -0.405. The van der Waals surface area contributed by atoms with Crippen molar-refractivity contribution >= 4 is 5.91 Å². The Morgan fingerprint density at radius 2 is 2.40 bits per heavy atom. The molecule has 0 aromatic rings. The molecule has 0 aromatic carbocycles. The average molecular weight is 144 g/mol. The van der Waals surface area contributed by atoms with Gasteiger partial charge < -0.3 is 10.5 Å². The average Bonchev–Trinajstić information content (AvgIpc) is 2.10. The standard InChI is InChI=1S/C6H12N2O2/c1-6(2)8-3-4(10-6)5(7)9/h4,8H,3H2,1-2H3,(H2,7,9). The Kier molecular flexibility index (Phi) is 1.66. The van der Waals surface area contributed by atoms with Gasteiger partial charge >= 0.3 is 0 Å². The topological polar surface area (TPSA) is 64.3 Å². The van der Waals surface area contributed by atoms with Crippen LogP contribution >= 0.6 is 0 Å². The minimum atomic E-state index is -0.463. The lowest BCUT2D eigenvalue weighted by Gasteiger charge is -2.17. The fraction of sp³-hybridized carbons (Fsp3) is 0.833. The van der Waals surface area contributed by atoms with Gasteiger partial charge in [0.25, 0.3) is 0 Å². The van der Waals surface area contributed by atoms with E-state index in [4.69, 9.17) is 10.5 Å². The monoisotopic (exact) mass is 144 g/mol. The molecule has 1 heterocycles. The molecule has 1 unspecified atom stereocenters. The smallest absolute Gasteiger partial charge is 0.247 e. The number of nitrogens with two attached hydrogens (primary N) is 1. The highest BCUT2D eigenvalue weighted by Gasteiger charge is 2.33. The minimum Gasteiger partial charge on any atom is -0.367 e. The van der Waals surface area contributed by atoms with Crippen molar-refractivity contribution in [3.8, 4) is 0 Å². The molecule has 4 heteroatoms. The summed E-state index contributed by atoms with van der Waals surface area (Å²) >= 11 is 0. The fourth-order valence-corrected chi connectivity index (χ4v) is 0.936. The van der Waals surface area contributed by atoms with Gasteiger partial charge in [-0.15, -0.1) is 0 Å². The zero-order valence-corrected chi connectivity index (χ0v) is 6.18. The summed E-state index contributed by atoms with van der Waals surface area (Å²) in [7, 11) is 0. The Bertz CT molecular complexity index is 156. The zero-order valence-electron chi connectivity index (χ0n) is 6.18. The molecule has 1 amide bonds. The van der Waals surface area contributed by atoms with Gasteiger partial charge in [-0.25, -0.2) is 0 Å². The molecule has 0 aromatic heterocycles. The van der Waals surface area contributed by atoms with Crippen LogP contribution in [0.3, 0.4) is 0 Å². The number of hydrogen-bond acceptors (Lipinski definition) is 3. The van der Waals surface area contributed by atoms with Gasteiger partial charge in [0.2, 0.25) is 5.91 Å². The zero-order chi connectivity index (χ0) is 7.78. The van der Waals surface area contributed by atoms with Crippen molar-refractivity contribution < 1.29 is 9.53 Å². The third-order valence-corrected chi connectivity index (χ3v) is 1.47. The maximum atomic E-state index is 10.5. The lowest BCUT2D eigenvalue weighted by atomic mass is 10.3. The van der Waals surface area contributed by atoms with Gasteiger partial charge in [-0.2, -0.15) is 0 Å². The van der Waals surface area contributed by atoms with E-state index in [1.807, 2.05) is 13.8 Å². The second kappa shape index (κ2) is 2.21. The van der Waals surface area contributed by atoms with E-state index in [-0.39, 0.29) is 0 Å². The number of rotatable bonds is 1. The van der Waals surface area contributed by atoms with Crippen LogP contribution in [-0.4, -0.2) is 24.3 Å². The van der Waals surface area contributed by atoms with Crippen molar-refractivity contribution in [1.29, 1.82) is 0 Å². The van der Waals surface area contributed by atoms with Crippen molar-refractivity contribution in [2.75, 3.05) is 6.54 Å². The first-order chi connectivity index (χ1) is 4.51. The van der Waals surface area contributed by atoms with Gasteiger partial charge in [-0.3, -0.25) is 10.1 Å². The molecule has 1 saturated heterocycles. The first-order valence-corrected chi connectivity index (χ1v) is 3.23. The molecule has 0 saturated carbocycles. The van der Waals surface area contributed by atoms with E-state index < -0.39 is 17.7 Å². The molecule has 0 bridgehead atoms. The van der Waals surface area contributed by atoms with Crippen molar-refractivity contribution in [1.82, 2.24) is 5.32 Å². The fourth-order valence-electron chi connectivity index (χ4n) is 0.936. The molecule has 1 aliphatic heterocycles. The summed E-state index contributed by atoms with van der Waals surface area (Å²) in [6.07, 6.45) is -0.463. The van der Waals surface area contributed by atoms with E-state index in [2.05, 4.69) is 5.32 Å². The summed E-state index contributed by atoms with van der Waals surface area (Å²) in [6.45, 7) is 4.23. The van der Waals surface area contributed by atoms with Crippen molar-refractivity contribution in [3.63, 3.8) is 0 Å². The minimum absolute atomic E-state index is 0.403. The van der Waals surface area contributed by atoms with E-state index in [1.165, 1.54) is 0 Å². The highest BCUT2D eigenvalue weighted by molar-refractivity contribution is 5.79. The summed E-state index contributed by atoms with van der Waals surface area (Å²) in [5.41, 5.74) is 4.61. The number of hydrogen-bond donors (Lipinski definition) is 2. The predicted molar refractivity (Wildman–Crippen MR) is 36.1 cm³/mol. The van der Waals surface area contributed by atoms with Gasteiger partial charge in [0, 0.05) is 6.54 Å². The van der Waals surface area contributed by atoms with E-state index in [0.29, 0.717) is 6.54 Å². The third-order valence-electron chi connectivity index (χ3n) is 1.47. The van der Waals surface area contributed by atoms with Crippen LogP contribution in [0, 0.1) is 0 Å². The van der Waals surface area contributed by atoms with Crippen LogP contribution in [0.5, 0.6) is 0 Å². The van der Waals surface area contributed by atoms with E-state index in [9.17, 15) is 4.79 Å². The summed E-state index contributed by atoms with van der Waals surface area (Å²) in [4.78, 5) is 10.5. The first-order valence-electron chi connectivity index (χ1n) is 3.23. The van der Waals surface area contributed by atoms with Gasteiger partial charge in [-0.1, -0.05) is 0 Å². The maximum absolute atomic E-state index is 10.5.